The average molecular weight is 474 g/mol. The monoisotopic (exact) mass is 473 g/mol. The predicted octanol–water partition coefficient (Wildman–Crippen LogP) is 4.91. The second-order valence-corrected chi connectivity index (χ2v) is 9.73. The second-order valence-electron chi connectivity index (χ2n) is 9.73. The Labute approximate surface area is 197 Å². The Bertz CT molecular complexity index is 1020. The first-order valence-corrected chi connectivity index (χ1v) is 12.0. The van der Waals surface area contributed by atoms with Crippen molar-refractivity contribution in [3.05, 3.63) is 65.2 Å². The highest BCUT2D eigenvalue weighted by atomic mass is 19.4. The van der Waals surface area contributed by atoms with Gasteiger partial charge < -0.3 is 20.7 Å². The van der Waals surface area contributed by atoms with Gasteiger partial charge in [-0.2, -0.15) is 13.2 Å². The summed E-state index contributed by atoms with van der Waals surface area (Å²) in [5, 5.41) is 3.50. The number of fused-ring (bicyclic) bond motifs is 3. The molecule has 2 saturated heterocycles. The summed E-state index contributed by atoms with van der Waals surface area (Å²) in [6.45, 7) is 2.28. The number of likely N-dealkylation sites (tertiary alicyclic amines) is 1. The van der Waals surface area contributed by atoms with Crippen molar-refractivity contribution in [2.75, 3.05) is 25.0 Å². The fourth-order valence-corrected chi connectivity index (χ4v) is 5.75. The number of halogens is 3. The number of rotatable bonds is 4. The Hall–Kier alpha value is -2.58. The van der Waals surface area contributed by atoms with Gasteiger partial charge in [0.05, 0.1) is 23.8 Å². The van der Waals surface area contributed by atoms with Crippen molar-refractivity contribution in [1.82, 2.24) is 4.90 Å². The number of alkyl halides is 3. The summed E-state index contributed by atoms with van der Waals surface area (Å²) in [6, 6.07) is 13.9. The number of anilines is 1. The molecule has 2 aromatic carbocycles. The third-order valence-corrected chi connectivity index (χ3v) is 7.58. The van der Waals surface area contributed by atoms with Crippen LogP contribution in [-0.4, -0.2) is 36.5 Å². The molecule has 3 aliphatic heterocycles. The van der Waals surface area contributed by atoms with E-state index >= 15 is 0 Å². The number of primary amides is 1. The maximum atomic E-state index is 13.5. The lowest BCUT2D eigenvalue weighted by atomic mass is 9.76. The number of hydrogen-bond donors (Lipinski definition) is 2. The molecule has 3 N–H and O–H groups in total. The van der Waals surface area contributed by atoms with E-state index < -0.39 is 17.8 Å². The summed E-state index contributed by atoms with van der Waals surface area (Å²) in [5.41, 5.74) is 7.20. The van der Waals surface area contributed by atoms with Gasteiger partial charge in [0.15, 0.2) is 0 Å². The summed E-state index contributed by atoms with van der Waals surface area (Å²) in [5.74, 6) is -0.276. The maximum Gasteiger partial charge on any atom is 0.416 e. The van der Waals surface area contributed by atoms with Crippen LogP contribution in [0.25, 0.3) is 0 Å². The molecule has 3 unspecified atom stereocenters. The number of carbonyl (C=O) groups is 1. The molecule has 0 radical (unpaired) electrons. The first kappa shape index (κ1) is 23.2. The third-order valence-electron chi connectivity index (χ3n) is 7.58. The highest BCUT2D eigenvalue weighted by Crippen LogP contribution is 2.51. The van der Waals surface area contributed by atoms with Gasteiger partial charge in [0, 0.05) is 29.6 Å². The summed E-state index contributed by atoms with van der Waals surface area (Å²) in [6.07, 6.45) is -1.70. The van der Waals surface area contributed by atoms with Crippen LogP contribution in [0.3, 0.4) is 0 Å². The predicted molar refractivity (Wildman–Crippen MR) is 123 cm³/mol. The molecule has 0 aromatic heterocycles. The number of hydrogen-bond acceptors (Lipinski definition) is 4. The quantitative estimate of drug-likeness (QED) is 0.663. The number of amides is 1. The Morgan fingerprint density at radius 2 is 1.79 bits per heavy atom. The normalized spacial score (nSPS) is 28.0. The van der Waals surface area contributed by atoms with Gasteiger partial charge >= 0.3 is 6.18 Å². The van der Waals surface area contributed by atoms with E-state index in [2.05, 4.69) is 22.3 Å². The minimum Gasteiger partial charge on any atom is -0.378 e. The molecule has 34 heavy (non-hydrogen) atoms. The Balaban J connectivity index is 1.39. The van der Waals surface area contributed by atoms with Crippen LogP contribution in [0.1, 0.15) is 54.5 Å². The molecule has 182 valence electrons. The lowest BCUT2D eigenvalue weighted by Gasteiger charge is -2.46. The van der Waals surface area contributed by atoms with Crippen molar-refractivity contribution >= 4 is 11.6 Å². The molecular weight excluding hydrogens is 443 g/mol. The molecule has 3 heterocycles. The van der Waals surface area contributed by atoms with Crippen LogP contribution in [0, 0.1) is 11.8 Å². The molecule has 0 saturated carbocycles. The Morgan fingerprint density at radius 1 is 1.06 bits per heavy atom. The van der Waals surface area contributed by atoms with Crippen molar-refractivity contribution in [3.8, 4) is 0 Å². The van der Waals surface area contributed by atoms with Gasteiger partial charge in [0.1, 0.15) is 0 Å². The van der Waals surface area contributed by atoms with E-state index in [1.165, 1.54) is 12.1 Å². The van der Waals surface area contributed by atoms with Gasteiger partial charge in [-0.3, -0.25) is 4.79 Å². The molecule has 0 bridgehead atoms. The number of nitrogens with two attached hydrogens (primary N) is 1. The third kappa shape index (κ3) is 4.66. The van der Waals surface area contributed by atoms with E-state index in [9.17, 15) is 18.0 Å². The first-order valence-electron chi connectivity index (χ1n) is 12.0. The molecule has 2 fully saturated rings. The van der Waals surface area contributed by atoms with Crippen LogP contribution in [0.5, 0.6) is 0 Å². The number of ether oxygens (including phenoxy) is 1. The molecular formula is C26H30F3N3O2. The molecule has 0 spiro atoms. The Morgan fingerprint density at radius 3 is 2.47 bits per heavy atom. The van der Waals surface area contributed by atoms with Crippen LogP contribution in [0.4, 0.5) is 18.9 Å². The minimum atomic E-state index is -4.40. The topological polar surface area (TPSA) is 67.6 Å². The highest BCUT2D eigenvalue weighted by Gasteiger charge is 2.44. The molecule has 8 heteroatoms. The number of carbonyl (C=O) groups excluding carboxylic acids is 1. The molecule has 3 aliphatic rings. The van der Waals surface area contributed by atoms with Crippen LogP contribution < -0.4 is 11.1 Å². The fourth-order valence-electron chi connectivity index (χ4n) is 5.75. The van der Waals surface area contributed by atoms with Crippen molar-refractivity contribution in [2.24, 2.45) is 17.6 Å². The largest absolute Gasteiger partial charge is 0.416 e. The summed E-state index contributed by atoms with van der Waals surface area (Å²) in [4.78, 5) is 13.7. The standard InChI is InChI=1S/C26H30F3N3O2/c27-26(28,29)18-6-9-22-21(14-18)24-20(23(31-22)16-4-2-1-3-5-16)8-7-19(34-24)15-32-12-10-17(11-13-32)25(30)33/h1-6,9,14,17,19-20,23-24,31H,7-8,10-13,15H2,(H2,30,33)/t19?,20?,23-,24?/m0/s1. The maximum absolute atomic E-state index is 13.5. The average Bonchev–Trinajstić information content (AvgIpc) is 2.83. The number of nitrogens with zero attached hydrogens (tertiary/aromatic N) is 1. The molecule has 5 nitrogen and oxygen atoms in total. The van der Waals surface area contributed by atoms with Crippen LogP contribution in [0.15, 0.2) is 48.5 Å². The van der Waals surface area contributed by atoms with E-state index in [-0.39, 0.29) is 29.9 Å². The van der Waals surface area contributed by atoms with Crippen molar-refractivity contribution < 1.29 is 22.7 Å². The smallest absolute Gasteiger partial charge is 0.378 e. The van der Waals surface area contributed by atoms with Crippen molar-refractivity contribution in [3.63, 3.8) is 0 Å². The number of benzene rings is 2. The van der Waals surface area contributed by atoms with Crippen molar-refractivity contribution in [2.45, 2.75) is 50.1 Å². The summed E-state index contributed by atoms with van der Waals surface area (Å²) >= 11 is 0. The first-order chi connectivity index (χ1) is 16.3. The minimum absolute atomic E-state index is 0.0253. The lowest BCUT2D eigenvalue weighted by Crippen LogP contribution is -2.46. The Kier molecular flexibility index (Phi) is 6.29. The lowest BCUT2D eigenvalue weighted by molar-refractivity contribution is -0.138. The van der Waals surface area contributed by atoms with Crippen LogP contribution in [-0.2, 0) is 15.7 Å². The van der Waals surface area contributed by atoms with E-state index in [0.29, 0.717) is 17.8 Å². The van der Waals surface area contributed by atoms with Gasteiger partial charge in [0.2, 0.25) is 5.91 Å². The fraction of sp³-hybridized carbons (Fsp3) is 0.500. The number of nitrogens with one attached hydrogen (secondary N) is 1. The zero-order valence-electron chi connectivity index (χ0n) is 18.9. The molecule has 0 aliphatic carbocycles. The van der Waals surface area contributed by atoms with E-state index in [0.717, 1.165) is 50.4 Å². The van der Waals surface area contributed by atoms with Crippen LogP contribution in [0.2, 0.25) is 0 Å². The van der Waals surface area contributed by atoms with Gasteiger partial charge in [-0.05, 0) is 62.5 Å². The van der Waals surface area contributed by atoms with Gasteiger partial charge in [-0.25, -0.2) is 0 Å². The number of piperidine rings is 1. The zero-order valence-corrected chi connectivity index (χ0v) is 18.9. The van der Waals surface area contributed by atoms with E-state index in [4.69, 9.17) is 10.5 Å². The molecule has 4 atom stereocenters. The molecule has 5 rings (SSSR count). The molecule has 1 amide bonds. The van der Waals surface area contributed by atoms with Gasteiger partial charge in [-0.15, -0.1) is 0 Å². The second kappa shape index (κ2) is 9.23. The highest BCUT2D eigenvalue weighted by molar-refractivity contribution is 5.76. The zero-order chi connectivity index (χ0) is 23.9. The summed E-state index contributed by atoms with van der Waals surface area (Å²) in [7, 11) is 0. The SMILES string of the molecule is NC(=O)C1CCN(CC2CCC3C(O2)c2cc(C(F)(F)F)ccc2N[C@H]3c2ccccc2)CC1. The summed E-state index contributed by atoms with van der Waals surface area (Å²) < 4.78 is 47.1. The van der Waals surface area contributed by atoms with Crippen LogP contribution >= 0.6 is 0 Å². The molecule has 2 aromatic rings. The van der Waals surface area contributed by atoms with E-state index in [1.807, 2.05) is 18.2 Å². The van der Waals surface area contributed by atoms with E-state index in [1.54, 1.807) is 0 Å². The van der Waals surface area contributed by atoms with Gasteiger partial charge in [0.25, 0.3) is 0 Å². The van der Waals surface area contributed by atoms with Gasteiger partial charge in [-0.1, -0.05) is 30.3 Å². The van der Waals surface area contributed by atoms with Crippen molar-refractivity contribution in [1.29, 1.82) is 0 Å².